The van der Waals surface area contributed by atoms with Gasteiger partial charge in [0.2, 0.25) is 0 Å². The van der Waals surface area contributed by atoms with Crippen LogP contribution in [0.15, 0.2) is 5.16 Å². The topological polar surface area (TPSA) is 208 Å². The van der Waals surface area contributed by atoms with Crippen LogP contribution in [-0.4, -0.2) is 116 Å². The summed E-state index contributed by atoms with van der Waals surface area (Å²) in [6, 6.07) is 0. The molecule has 2 aliphatic rings. The van der Waals surface area contributed by atoms with Gasteiger partial charge in [-0.05, 0) is 0 Å². The van der Waals surface area contributed by atoms with Gasteiger partial charge in [0.15, 0.2) is 12.6 Å². The molecule has 2 rings (SSSR count). The van der Waals surface area contributed by atoms with Crippen molar-refractivity contribution in [3.05, 3.63) is 0 Å². The van der Waals surface area contributed by atoms with E-state index in [2.05, 4.69) is 9.99 Å². The molecule has 0 aromatic carbocycles. The molecule has 26 heavy (non-hydrogen) atoms. The van der Waals surface area contributed by atoms with Crippen LogP contribution >= 0.6 is 0 Å². The number of aliphatic hydroxyl groups is 7. The Bertz CT molecular complexity index is 500. The number of carbonyl (C=O) groups excluding carboxylic acids is 1. The molecular formula is C13H21NO12. The van der Waals surface area contributed by atoms with E-state index < -0.39 is 74.6 Å². The highest BCUT2D eigenvalue weighted by molar-refractivity contribution is 5.31. The lowest BCUT2D eigenvalue weighted by molar-refractivity contribution is -0.355. The van der Waals surface area contributed by atoms with E-state index in [0.717, 1.165) is 6.08 Å². The lowest BCUT2D eigenvalue weighted by atomic mass is 9.97. The lowest BCUT2D eigenvalue weighted by Gasteiger charge is -2.45. The van der Waals surface area contributed by atoms with Crippen LogP contribution in [0.3, 0.4) is 0 Å². The third-order valence-corrected chi connectivity index (χ3v) is 4.14. The molecule has 13 heteroatoms. The first kappa shape index (κ1) is 21.1. The van der Waals surface area contributed by atoms with Gasteiger partial charge in [0.25, 0.3) is 6.08 Å². The number of hydrogen-bond acceptors (Lipinski definition) is 13. The Morgan fingerprint density at radius 3 is 2.19 bits per heavy atom. The van der Waals surface area contributed by atoms with Crippen LogP contribution in [0.4, 0.5) is 0 Å². The summed E-state index contributed by atoms with van der Waals surface area (Å²) in [6.45, 7) is -1.20. The Morgan fingerprint density at radius 1 is 0.885 bits per heavy atom. The molecular weight excluding hydrogens is 362 g/mol. The fraction of sp³-hybridized carbons (Fsp3) is 0.923. The summed E-state index contributed by atoms with van der Waals surface area (Å²) >= 11 is 0. The predicted molar refractivity (Wildman–Crippen MR) is 75.6 cm³/mol. The zero-order chi connectivity index (χ0) is 19.4. The van der Waals surface area contributed by atoms with Crippen molar-refractivity contribution in [1.29, 1.82) is 0 Å². The molecule has 0 unspecified atom stereocenters. The van der Waals surface area contributed by atoms with E-state index in [1.54, 1.807) is 0 Å². The van der Waals surface area contributed by atoms with E-state index in [0.29, 0.717) is 0 Å². The molecule has 0 aliphatic carbocycles. The van der Waals surface area contributed by atoms with Crippen molar-refractivity contribution in [3.63, 3.8) is 0 Å². The van der Waals surface area contributed by atoms with Crippen molar-refractivity contribution in [2.24, 2.45) is 5.16 Å². The van der Waals surface area contributed by atoms with Gasteiger partial charge in [0.05, 0.1) is 6.61 Å². The summed E-state index contributed by atoms with van der Waals surface area (Å²) in [4.78, 5) is 14.5. The Hall–Kier alpha value is -1.22. The average molecular weight is 383 g/mol. The second-order valence-corrected chi connectivity index (χ2v) is 5.82. The zero-order valence-corrected chi connectivity index (χ0v) is 13.3. The lowest BCUT2D eigenvalue weighted by Crippen LogP contribution is -2.64. The summed E-state index contributed by atoms with van der Waals surface area (Å²) in [6.07, 6.45) is -14.9. The van der Waals surface area contributed by atoms with Gasteiger partial charge in [-0.2, -0.15) is 0 Å². The second kappa shape index (κ2) is 9.12. The van der Waals surface area contributed by atoms with Crippen LogP contribution in [0, 0.1) is 0 Å². The molecule has 13 nitrogen and oxygen atoms in total. The number of isocyanates is 1. The number of hydrogen-bond donors (Lipinski definition) is 7. The molecule has 0 radical (unpaired) electrons. The molecule has 2 fully saturated rings. The van der Waals surface area contributed by atoms with E-state index in [4.69, 9.17) is 14.2 Å². The van der Waals surface area contributed by atoms with Gasteiger partial charge in [-0.1, -0.05) is 0 Å². The van der Waals surface area contributed by atoms with Crippen molar-refractivity contribution in [2.75, 3.05) is 13.2 Å². The van der Waals surface area contributed by atoms with E-state index in [9.17, 15) is 40.5 Å². The minimum absolute atomic E-state index is 0.492. The molecule has 0 aromatic rings. The van der Waals surface area contributed by atoms with E-state index >= 15 is 0 Å². The fourth-order valence-corrected chi connectivity index (χ4v) is 2.69. The van der Waals surface area contributed by atoms with Gasteiger partial charge in [-0.3, -0.25) is 0 Å². The Kier molecular flexibility index (Phi) is 7.40. The van der Waals surface area contributed by atoms with Crippen LogP contribution in [0.5, 0.6) is 0 Å². The highest BCUT2D eigenvalue weighted by atomic mass is 16.7. The monoisotopic (exact) mass is 383 g/mol. The van der Waals surface area contributed by atoms with Crippen molar-refractivity contribution in [1.82, 2.24) is 0 Å². The van der Waals surface area contributed by atoms with Crippen LogP contribution < -0.4 is 0 Å². The predicted octanol–water partition coefficient (Wildman–Crippen LogP) is -5.12. The number of nitrogens with zero attached hydrogens (tertiary/aromatic N) is 1. The molecule has 10 atom stereocenters. The van der Waals surface area contributed by atoms with Crippen molar-refractivity contribution in [2.45, 2.75) is 61.4 Å². The SMILES string of the molecule is O=C=NOC[C@H]1O[C@@H](O[C@H]2[C@H](O)[C@@H](O)[C@@H](O)O[C@@H]2CO)[C@H](O)[C@@H](O)[C@H]1O. The van der Waals surface area contributed by atoms with Crippen LogP contribution in [-0.2, 0) is 23.8 Å². The Morgan fingerprint density at radius 2 is 1.58 bits per heavy atom. The van der Waals surface area contributed by atoms with E-state index in [1.807, 2.05) is 0 Å². The third kappa shape index (κ3) is 4.36. The van der Waals surface area contributed by atoms with Gasteiger partial charge in [0, 0.05) is 5.16 Å². The van der Waals surface area contributed by atoms with Crippen LogP contribution in [0.2, 0.25) is 0 Å². The first-order chi connectivity index (χ1) is 12.3. The molecule has 2 aliphatic heterocycles. The Labute approximate surface area is 146 Å². The maximum Gasteiger partial charge on any atom is 0.276 e. The molecule has 0 bridgehead atoms. The fourth-order valence-electron chi connectivity index (χ4n) is 2.69. The number of rotatable bonds is 6. The second-order valence-electron chi connectivity index (χ2n) is 5.82. The standard InChI is InChI=1S/C13H21NO12/c15-1-4-11(8(19)9(20)12(22)24-4)26-13-10(21)7(18)6(17)5(25-13)2-23-14-3-16/h4-13,15,17-22H,1-2H2/t4-,5-,6+,7+,8-,9-,10-,11-,12+,13+/m1/s1. The van der Waals surface area contributed by atoms with Crippen molar-refractivity contribution >= 4 is 6.08 Å². The minimum atomic E-state index is -1.77. The van der Waals surface area contributed by atoms with E-state index in [1.165, 1.54) is 0 Å². The zero-order valence-electron chi connectivity index (χ0n) is 13.3. The summed E-state index contributed by atoms with van der Waals surface area (Å²) < 4.78 is 15.5. The summed E-state index contributed by atoms with van der Waals surface area (Å²) in [7, 11) is 0. The normalized spacial score (nSPS) is 46.4. The smallest absolute Gasteiger partial charge is 0.276 e. The summed E-state index contributed by atoms with van der Waals surface area (Å²) in [5, 5.41) is 71.0. The number of ether oxygens (including phenoxy) is 3. The molecule has 0 aromatic heterocycles. The van der Waals surface area contributed by atoms with Crippen molar-refractivity contribution in [3.8, 4) is 0 Å². The van der Waals surface area contributed by atoms with Crippen LogP contribution in [0.1, 0.15) is 0 Å². The van der Waals surface area contributed by atoms with Gasteiger partial charge in [-0.15, -0.1) is 0 Å². The molecule has 0 amide bonds. The molecule has 2 heterocycles. The largest absolute Gasteiger partial charge is 0.394 e. The molecule has 150 valence electrons. The van der Waals surface area contributed by atoms with Gasteiger partial charge < -0.3 is 54.8 Å². The molecule has 0 spiro atoms. The van der Waals surface area contributed by atoms with Gasteiger partial charge in [0.1, 0.15) is 55.4 Å². The first-order valence-corrected chi connectivity index (χ1v) is 7.66. The van der Waals surface area contributed by atoms with E-state index in [-0.39, 0.29) is 0 Å². The quantitative estimate of drug-likeness (QED) is 0.130. The Balaban J connectivity index is 2.10. The maximum atomic E-state index is 10.0. The van der Waals surface area contributed by atoms with Crippen molar-refractivity contribution < 1.29 is 59.6 Å². The average Bonchev–Trinajstić information content (AvgIpc) is 2.63. The van der Waals surface area contributed by atoms with Gasteiger partial charge in [-0.25, -0.2) is 4.79 Å². The first-order valence-electron chi connectivity index (χ1n) is 7.66. The number of aliphatic hydroxyl groups excluding tert-OH is 7. The summed E-state index contributed by atoms with van der Waals surface area (Å²) in [5.41, 5.74) is 0. The highest BCUT2D eigenvalue weighted by Gasteiger charge is 2.50. The summed E-state index contributed by atoms with van der Waals surface area (Å²) in [5.74, 6) is 0. The molecule has 2 saturated heterocycles. The minimum Gasteiger partial charge on any atom is -0.394 e. The highest BCUT2D eigenvalue weighted by Crippen LogP contribution is 2.28. The third-order valence-electron chi connectivity index (χ3n) is 4.14. The molecule has 0 saturated carbocycles. The van der Waals surface area contributed by atoms with Crippen LogP contribution in [0.25, 0.3) is 0 Å². The molecule has 7 N–H and O–H groups in total. The van der Waals surface area contributed by atoms with Gasteiger partial charge >= 0.3 is 0 Å². The maximum absolute atomic E-state index is 10.0.